The standard InChI is InChI=1S/C13H22N2O2S/c1-3-11(4-2)9-15-18(16,17)10-12-7-5-6-8-13(12)14/h5-8,11,15H,3-4,9-10,14H2,1-2H3. The minimum Gasteiger partial charge on any atom is -0.398 e. The molecule has 5 heteroatoms. The van der Waals surface area contributed by atoms with Gasteiger partial charge < -0.3 is 5.73 Å². The van der Waals surface area contributed by atoms with E-state index >= 15 is 0 Å². The number of hydrogen-bond donors (Lipinski definition) is 2. The fourth-order valence-corrected chi connectivity index (χ4v) is 3.01. The number of rotatable bonds is 7. The van der Waals surface area contributed by atoms with Gasteiger partial charge in [-0.05, 0) is 17.5 Å². The van der Waals surface area contributed by atoms with Crippen LogP contribution in [0.2, 0.25) is 0 Å². The average molecular weight is 270 g/mol. The zero-order valence-electron chi connectivity index (χ0n) is 11.0. The van der Waals surface area contributed by atoms with Crippen molar-refractivity contribution in [2.24, 2.45) is 5.92 Å². The maximum absolute atomic E-state index is 11.9. The molecule has 0 aliphatic rings. The van der Waals surface area contributed by atoms with Crippen molar-refractivity contribution in [3.63, 3.8) is 0 Å². The molecule has 0 radical (unpaired) electrons. The highest BCUT2D eigenvalue weighted by Crippen LogP contribution is 2.14. The predicted octanol–water partition coefficient (Wildman–Crippen LogP) is 2.12. The number of nitrogen functional groups attached to an aromatic ring is 1. The number of para-hydroxylation sites is 1. The Morgan fingerprint density at radius 1 is 1.22 bits per heavy atom. The van der Waals surface area contributed by atoms with Crippen LogP contribution in [0.4, 0.5) is 5.69 Å². The molecule has 3 N–H and O–H groups in total. The Bertz CT molecular complexity index is 468. The van der Waals surface area contributed by atoms with Crippen LogP contribution in [0.3, 0.4) is 0 Å². The number of nitrogens with one attached hydrogen (secondary N) is 1. The first-order chi connectivity index (χ1) is 8.48. The SMILES string of the molecule is CCC(CC)CNS(=O)(=O)Cc1ccccc1N. The Hall–Kier alpha value is -1.07. The largest absolute Gasteiger partial charge is 0.398 e. The summed E-state index contributed by atoms with van der Waals surface area (Å²) in [6.45, 7) is 4.64. The van der Waals surface area contributed by atoms with Crippen molar-refractivity contribution >= 4 is 15.7 Å². The Morgan fingerprint density at radius 2 is 1.83 bits per heavy atom. The maximum Gasteiger partial charge on any atom is 0.215 e. The molecule has 0 spiro atoms. The Balaban J connectivity index is 2.63. The molecule has 0 aliphatic carbocycles. The van der Waals surface area contributed by atoms with Gasteiger partial charge in [-0.25, -0.2) is 13.1 Å². The summed E-state index contributed by atoms with van der Waals surface area (Å²) in [6, 6.07) is 7.04. The minimum absolute atomic E-state index is 0.0557. The summed E-state index contributed by atoms with van der Waals surface area (Å²) in [6.07, 6.45) is 1.96. The van der Waals surface area contributed by atoms with E-state index in [1.54, 1.807) is 24.3 Å². The molecule has 1 aromatic carbocycles. The van der Waals surface area contributed by atoms with E-state index in [-0.39, 0.29) is 5.75 Å². The van der Waals surface area contributed by atoms with Gasteiger partial charge in [-0.2, -0.15) is 0 Å². The Kier molecular flexibility index (Phi) is 5.62. The molecule has 0 heterocycles. The second-order valence-corrected chi connectivity index (χ2v) is 6.30. The van der Waals surface area contributed by atoms with Gasteiger partial charge in [0.2, 0.25) is 10.0 Å². The van der Waals surface area contributed by atoms with E-state index in [4.69, 9.17) is 5.73 Å². The summed E-state index contributed by atoms with van der Waals surface area (Å²) in [5.41, 5.74) is 6.91. The molecule has 0 amide bonds. The number of anilines is 1. The molecule has 0 atom stereocenters. The van der Waals surface area contributed by atoms with Gasteiger partial charge in [-0.15, -0.1) is 0 Å². The lowest BCUT2D eigenvalue weighted by atomic mass is 10.0. The van der Waals surface area contributed by atoms with Crippen LogP contribution < -0.4 is 10.5 Å². The van der Waals surface area contributed by atoms with E-state index in [0.717, 1.165) is 12.8 Å². The normalized spacial score (nSPS) is 11.9. The van der Waals surface area contributed by atoms with Crippen LogP contribution in [0, 0.1) is 5.92 Å². The number of benzene rings is 1. The Morgan fingerprint density at radius 3 is 2.39 bits per heavy atom. The van der Waals surface area contributed by atoms with Crippen molar-refractivity contribution < 1.29 is 8.42 Å². The molecular formula is C13H22N2O2S. The third-order valence-electron chi connectivity index (χ3n) is 3.15. The van der Waals surface area contributed by atoms with Gasteiger partial charge in [0, 0.05) is 12.2 Å². The molecule has 18 heavy (non-hydrogen) atoms. The van der Waals surface area contributed by atoms with Crippen LogP contribution in [0.15, 0.2) is 24.3 Å². The minimum atomic E-state index is -3.30. The second-order valence-electron chi connectivity index (χ2n) is 4.49. The molecule has 4 nitrogen and oxygen atoms in total. The summed E-state index contributed by atoms with van der Waals surface area (Å²) in [5, 5.41) is 0. The lowest BCUT2D eigenvalue weighted by Crippen LogP contribution is -2.30. The van der Waals surface area contributed by atoms with Crippen molar-refractivity contribution in [2.45, 2.75) is 32.4 Å². The smallest absolute Gasteiger partial charge is 0.215 e. The lowest BCUT2D eigenvalue weighted by Gasteiger charge is -2.14. The molecular weight excluding hydrogens is 248 g/mol. The van der Waals surface area contributed by atoms with Crippen LogP contribution in [0.1, 0.15) is 32.3 Å². The van der Waals surface area contributed by atoms with E-state index in [0.29, 0.717) is 23.7 Å². The monoisotopic (exact) mass is 270 g/mol. The summed E-state index contributed by atoms with van der Waals surface area (Å²) >= 11 is 0. The quantitative estimate of drug-likeness (QED) is 0.745. The van der Waals surface area contributed by atoms with Gasteiger partial charge in [-0.3, -0.25) is 0 Å². The van der Waals surface area contributed by atoms with Crippen LogP contribution in [0.25, 0.3) is 0 Å². The maximum atomic E-state index is 11.9. The van der Waals surface area contributed by atoms with Crippen LogP contribution >= 0.6 is 0 Å². The molecule has 102 valence electrons. The van der Waals surface area contributed by atoms with Crippen molar-refractivity contribution in [2.75, 3.05) is 12.3 Å². The van der Waals surface area contributed by atoms with E-state index in [2.05, 4.69) is 18.6 Å². The second kappa shape index (κ2) is 6.75. The number of nitrogens with two attached hydrogens (primary N) is 1. The molecule has 0 fully saturated rings. The molecule has 1 aromatic rings. The number of hydrogen-bond acceptors (Lipinski definition) is 3. The zero-order chi connectivity index (χ0) is 13.6. The van der Waals surface area contributed by atoms with Gasteiger partial charge in [0.15, 0.2) is 0 Å². The van der Waals surface area contributed by atoms with Crippen molar-refractivity contribution in [3.8, 4) is 0 Å². The summed E-state index contributed by atoms with van der Waals surface area (Å²) in [5.74, 6) is 0.340. The first-order valence-electron chi connectivity index (χ1n) is 6.29. The first-order valence-corrected chi connectivity index (χ1v) is 7.94. The third kappa shape index (κ3) is 4.66. The molecule has 0 aliphatic heterocycles. The fraction of sp³-hybridized carbons (Fsp3) is 0.538. The zero-order valence-corrected chi connectivity index (χ0v) is 11.8. The van der Waals surface area contributed by atoms with Gasteiger partial charge in [0.1, 0.15) is 0 Å². The van der Waals surface area contributed by atoms with Crippen LogP contribution in [-0.4, -0.2) is 15.0 Å². The number of sulfonamides is 1. The average Bonchev–Trinajstić information content (AvgIpc) is 2.33. The highest BCUT2D eigenvalue weighted by Gasteiger charge is 2.14. The van der Waals surface area contributed by atoms with Crippen LogP contribution in [-0.2, 0) is 15.8 Å². The van der Waals surface area contributed by atoms with Crippen molar-refractivity contribution in [3.05, 3.63) is 29.8 Å². The van der Waals surface area contributed by atoms with E-state index in [9.17, 15) is 8.42 Å². The van der Waals surface area contributed by atoms with Crippen molar-refractivity contribution in [1.29, 1.82) is 0 Å². The first kappa shape index (κ1) is 15.0. The predicted molar refractivity (Wildman–Crippen MR) is 75.6 cm³/mol. The van der Waals surface area contributed by atoms with Gasteiger partial charge >= 0.3 is 0 Å². The molecule has 0 saturated heterocycles. The summed E-state index contributed by atoms with van der Waals surface area (Å²) < 4.78 is 26.5. The molecule has 0 unspecified atom stereocenters. The van der Waals surface area contributed by atoms with Crippen molar-refractivity contribution in [1.82, 2.24) is 4.72 Å². The molecule has 0 bridgehead atoms. The highest BCUT2D eigenvalue weighted by atomic mass is 32.2. The Labute approximate surface area is 110 Å². The van der Waals surface area contributed by atoms with Gasteiger partial charge in [0.25, 0.3) is 0 Å². The molecule has 0 saturated carbocycles. The topological polar surface area (TPSA) is 72.2 Å². The summed E-state index contributed by atoms with van der Waals surface area (Å²) in [7, 11) is -3.30. The third-order valence-corrected chi connectivity index (χ3v) is 4.44. The van der Waals surface area contributed by atoms with Gasteiger partial charge in [0.05, 0.1) is 5.75 Å². The van der Waals surface area contributed by atoms with Gasteiger partial charge in [-0.1, -0.05) is 44.9 Å². The molecule has 1 rings (SSSR count). The highest BCUT2D eigenvalue weighted by molar-refractivity contribution is 7.88. The fourth-order valence-electron chi connectivity index (χ4n) is 1.74. The van der Waals surface area contributed by atoms with E-state index in [1.807, 2.05) is 0 Å². The lowest BCUT2D eigenvalue weighted by molar-refractivity contribution is 0.478. The molecule has 0 aromatic heterocycles. The summed E-state index contributed by atoms with van der Waals surface area (Å²) in [4.78, 5) is 0. The van der Waals surface area contributed by atoms with E-state index < -0.39 is 10.0 Å². The van der Waals surface area contributed by atoms with E-state index in [1.165, 1.54) is 0 Å². The van der Waals surface area contributed by atoms with Crippen LogP contribution in [0.5, 0.6) is 0 Å².